The molecule has 17 heavy (non-hydrogen) atoms. The van der Waals surface area contributed by atoms with Crippen LogP contribution in [-0.4, -0.2) is 6.61 Å². The van der Waals surface area contributed by atoms with Crippen LogP contribution in [0.4, 0.5) is 0 Å². The van der Waals surface area contributed by atoms with Gasteiger partial charge >= 0.3 is 0 Å². The van der Waals surface area contributed by atoms with Crippen LogP contribution in [0.2, 0.25) is 5.02 Å². The summed E-state index contributed by atoms with van der Waals surface area (Å²) >= 11 is 5.86. The van der Waals surface area contributed by atoms with Gasteiger partial charge in [-0.1, -0.05) is 11.6 Å². The maximum Gasteiger partial charge on any atom is 0.138 e. The van der Waals surface area contributed by atoms with Gasteiger partial charge in [0.25, 0.3) is 0 Å². The van der Waals surface area contributed by atoms with Crippen molar-refractivity contribution in [3.8, 4) is 17.9 Å². The molecule has 0 bridgehead atoms. The van der Waals surface area contributed by atoms with Gasteiger partial charge in [-0.25, -0.2) is 0 Å². The van der Waals surface area contributed by atoms with Crippen LogP contribution in [0.1, 0.15) is 24.8 Å². The van der Waals surface area contributed by atoms with E-state index in [0.29, 0.717) is 29.4 Å². The number of rotatable bonds is 4. The van der Waals surface area contributed by atoms with Crippen molar-refractivity contribution in [1.82, 2.24) is 0 Å². The molecule has 0 unspecified atom stereocenters. The van der Waals surface area contributed by atoms with Crippen LogP contribution >= 0.6 is 11.6 Å². The van der Waals surface area contributed by atoms with Gasteiger partial charge in [0, 0.05) is 22.9 Å². The first kappa shape index (κ1) is 11.8. The Kier molecular flexibility index (Phi) is 3.22. The third kappa shape index (κ3) is 2.70. The molecule has 0 N–H and O–H groups in total. The first-order valence-electron chi connectivity index (χ1n) is 5.38. The van der Waals surface area contributed by atoms with Gasteiger partial charge in [-0.15, -0.1) is 0 Å². The highest BCUT2D eigenvalue weighted by atomic mass is 35.5. The van der Waals surface area contributed by atoms with Crippen molar-refractivity contribution < 1.29 is 4.74 Å². The van der Waals surface area contributed by atoms with E-state index in [0.717, 1.165) is 12.8 Å². The van der Waals surface area contributed by atoms with Crippen LogP contribution in [0.15, 0.2) is 18.2 Å². The van der Waals surface area contributed by atoms with Gasteiger partial charge in [-0.3, -0.25) is 0 Å². The van der Waals surface area contributed by atoms with Gasteiger partial charge in [0.15, 0.2) is 0 Å². The third-order valence-corrected chi connectivity index (χ3v) is 3.24. The molecule has 4 heteroatoms. The second-order valence-electron chi connectivity index (χ2n) is 4.38. The maximum absolute atomic E-state index is 8.93. The molecule has 1 fully saturated rings. The fraction of sp³-hybridized carbons (Fsp3) is 0.385. The predicted octanol–water partition coefficient (Wildman–Crippen LogP) is 3.28. The molecule has 1 aliphatic rings. The summed E-state index contributed by atoms with van der Waals surface area (Å²) < 4.78 is 5.63. The lowest BCUT2D eigenvalue weighted by Gasteiger charge is -2.13. The van der Waals surface area contributed by atoms with Crippen LogP contribution in [0.25, 0.3) is 0 Å². The van der Waals surface area contributed by atoms with Crippen LogP contribution in [0, 0.1) is 28.1 Å². The Bertz CT molecular complexity index is 509. The molecule has 86 valence electrons. The zero-order chi connectivity index (χ0) is 12.3. The number of ether oxygens (including phenoxy) is 1. The molecular formula is C13H11ClN2O. The minimum atomic E-state index is 0.00376. The summed E-state index contributed by atoms with van der Waals surface area (Å²) in [6.07, 6.45) is 2.54. The van der Waals surface area contributed by atoms with Crippen molar-refractivity contribution >= 4 is 11.6 Å². The third-order valence-electron chi connectivity index (χ3n) is 3.01. The van der Waals surface area contributed by atoms with E-state index in [-0.39, 0.29) is 5.41 Å². The number of benzene rings is 1. The monoisotopic (exact) mass is 246 g/mol. The minimum absolute atomic E-state index is 0.00376. The molecule has 2 rings (SSSR count). The Balaban J connectivity index is 2.07. The number of hydrogen-bond donors (Lipinski definition) is 0. The lowest BCUT2D eigenvalue weighted by molar-refractivity contribution is 0.236. The summed E-state index contributed by atoms with van der Waals surface area (Å²) in [4.78, 5) is 0. The van der Waals surface area contributed by atoms with Crippen molar-refractivity contribution in [2.24, 2.45) is 5.41 Å². The minimum Gasteiger partial charge on any atom is -0.492 e. The zero-order valence-electron chi connectivity index (χ0n) is 9.24. The van der Waals surface area contributed by atoms with Gasteiger partial charge in [-0.2, -0.15) is 10.5 Å². The lowest BCUT2D eigenvalue weighted by atomic mass is 10.1. The van der Waals surface area contributed by atoms with Crippen molar-refractivity contribution in [2.45, 2.75) is 19.3 Å². The van der Waals surface area contributed by atoms with Crippen molar-refractivity contribution in [1.29, 1.82) is 10.5 Å². The summed E-state index contributed by atoms with van der Waals surface area (Å²) in [7, 11) is 0. The predicted molar refractivity (Wildman–Crippen MR) is 63.6 cm³/mol. The molecule has 0 radical (unpaired) electrons. The first-order valence-corrected chi connectivity index (χ1v) is 5.76. The average Bonchev–Trinajstić information content (AvgIpc) is 3.08. The smallest absolute Gasteiger partial charge is 0.138 e. The summed E-state index contributed by atoms with van der Waals surface area (Å²) in [5, 5.41) is 18.2. The maximum atomic E-state index is 8.93. The van der Waals surface area contributed by atoms with Crippen LogP contribution in [0.3, 0.4) is 0 Å². The van der Waals surface area contributed by atoms with Crippen molar-refractivity contribution in [2.75, 3.05) is 6.61 Å². The Morgan fingerprint density at radius 1 is 1.35 bits per heavy atom. The molecule has 0 saturated heterocycles. The summed E-state index contributed by atoms with van der Waals surface area (Å²) in [6, 6.07) is 9.18. The second-order valence-corrected chi connectivity index (χ2v) is 4.81. The van der Waals surface area contributed by atoms with E-state index in [9.17, 15) is 0 Å². The highest BCUT2D eigenvalue weighted by Crippen LogP contribution is 2.48. The molecule has 1 aliphatic carbocycles. The molecule has 1 saturated carbocycles. The number of nitriles is 2. The topological polar surface area (TPSA) is 56.8 Å². The Hall–Kier alpha value is -1.71. The summed E-state index contributed by atoms with van der Waals surface area (Å²) in [5.41, 5.74) is 0.478. The number of halogens is 1. The van der Waals surface area contributed by atoms with Crippen molar-refractivity contribution in [3.63, 3.8) is 0 Å². The Morgan fingerprint density at radius 3 is 2.71 bits per heavy atom. The average molecular weight is 247 g/mol. The molecule has 1 aromatic rings. The van der Waals surface area contributed by atoms with E-state index in [2.05, 4.69) is 12.1 Å². The molecule has 0 heterocycles. The molecule has 1 aromatic carbocycles. The number of nitrogens with zero attached hydrogens (tertiary/aromatic N) is 2. The molecule has 0 aromatic heterocycles. The fourth-order valence-corrected chi connectivity index (χ4v) is 1.82. The highest BCUT2D eigenvalue weighted by molar-refractivity contribution is 6.30. The Morgan fingerprint density at radius 2 is 2.12 bits per heavy atom. The van der Waals surface area contributed by atoms with Crippen molar-refractivity contribution in [3.05, 3.63) is 28.8 Å². The van der Waals surface area contributed by atoms with E-state index in [1.807, 2.05) is 0 Å². The van der Waals surface area contributed by atoms with Crippen LogP contribution in [0.5, 0.6) is 5.75 Å². The molecule has 0 amide bonds. The van der Waals surface area contributed by atoms with E-state index in [1.54, 1.807) is 18.2 Å². The second kappa shape index (κ2) is 4.65. The van der Waals surface area contributed by atoms with Gasteiger partial charge < -0.3 is 4.74 Å². The molecule has 0 atom stereocenters. The molecule has 0 spiro atoms. The lowest BCUT2D eigenvalue weighted by Crippen LogP contribution is -2.12. The quantitative estimate of drug-likeness (QED) is 0.819. The largest absolute Gasteiger partial charge is 0.492 e. The van der Waals surface area contributed by atoms with E-state index in [1.165, 1.54) is 0 Å². The SMILES string of the molecule is N#CCC1(COc2cc(Cl)ccc2C#N)CC1. The number of hydrogen-bond acceptors (Lipinski definition) is 3. The molecule has 3 nitrogen and oxygen atoms in total. The molecular weight excluding hydrogens is 236 g/mol. The fourth-order valence-electron chi connectivity index (χ4n) is 1.66. The van der Waals surface area contributed by atoms with Gasteiger partial charge in [-0.05, 0) is 25.0 Å². The molecule has 0 aliphatic heterocycles. The zero-order valence-corrected chi connectivity index (χ0v) is 10.00. The summed E-state index contributed by atoms with van der Waals surface area (Å²) in [5.74, 6) is 0.504. The standard InChI is InChI=1S/C13H11ClN2O/c14-11-2-1-10(8-16)12(7-11)17-9-13(3-4-13)5-6-15/h1-2,7H,3-5,9H2. The first-order chi connectivity index (χ1) is 8.19. The van der Waals surface area contributed by atoms with Gasteiger partial charge in [0.05, 0.1) is 18.2 Å². The Labute approximate surface area is 105 Å². The van der Waals surface area contributed by atoms with Gasteiger partial charge in [0.2, 0.25) is 0 Å². The normalized spacial score (nSPS) is 15.7. The van der Waals surface area contributed by atoms with Crippen LogP contribution in [-0.2, 0) is 0 Å². The van der Waals surface area contributed by atoms with Crippen LogP contribution < -0.4 is 4.74 Å². The highest BCUT2D eigenvalue weighted by Gasteiger charge is 2.43. The van der Waals surface area contributed by atoms with E-state index < -0.39 is 0 Å². The van der Waals surface area contributed by atoms with Gasteiger partial charge in [0.1, 0.15) is 11.8 Å². The van der Waals surface area contributed by atoms with E-state index >= 15 is 0 Å². The summed E-state index contributed by atoms with van der Waals surface area (Å²) in [6.45, 7) is 0.482. The van der Waals surface area contributed by atoms with E-state index in [4.69, 9.17) is 26.9 Å².